The zero-order valence-corrected chi connectivity index (χ0v) is 9.44. The molecule has 0 aliphatic carbocycles. The average molecular weight is 251 g/mol. The number of likely N-dealkylation sites (N-methyl/N-ethyl adjacent to an activating group) is 1. The molecule has 0 aliphatic rings. The van der Waals surface area contributed by atoms with Gasteiger partial charge in [0.2, 0.25) is 0 Å². The van der Waals surface area contributed by atoms with Crippen LogP contribution in [0.1, 0.15) is 12.5 Å². The van der Waals surface area contributed by atoms with E-state index < -0.39 is 17.6 Å². The molecule has 0 aliphatic heterocycles. The topological polar surface area (TPSA) is 21.3 Å². The van der Waals surface area contributed by atoms with E-state index in [2.05, 4.69) is 5.32 Å². The van der Waals surface area contributed by atoms with E-state index in [1.807, 2.05) is 0 Å². The van der Waals surface area contributed by atoms with Crippen molar-refractivity contribution >= 4 is 0 Å². The van der Waals surface area contributed by atoms with Crippen LogP contribution in [0.2, 0.25) is 0 Å². The first-order chi connectivity index (χ1) is 7.84. The van der Waals surface area contributed by atoms with Gasteiger partial charge in [0.1, 0.15) is 17.7 Å². The third-order valence-electron chi connectivity index (χ3n) is 2.07. The number of nitrogens with one attached hydrogen (secondary N) is 1. The Morgan fingerprint density at radius 2 is 2.00 bits per heavy atom. The lowest BCUT2D eigenvalue weighted by molar-refractivity contribution is -0.140. The van der Waals surface area contributed by atoms with Crippen molar-refractivity contribution in [2.45, 2.75) is 19.2 Å². The van der Waals surface area contributed by atoms with Gasteiger partial charge < -0.3 is 10.1 Å². The molecule has 2 nitrogen and oxygen atoms in total. The van der Waals surface area contributed by atoms with E-state index in [9.17, 15) is 17.6 Å². The second-order valence-electron chi connectivity index (χ2n) is 3.63. The van der Waals surface area contributed by atoms with E-state index in [1.54, 1.807) is 14.0 Å². The Kier molecular flexibility index (Phi) is 4.34. The lowest BCUT2D eigenvalue weighted by atomic mass is 10.2. The summed E-state index contributed by atoms with van der Waals surface area (Å²) in [4.78, 5) is 0. The molecule has 0 saturated heterocycles. The van der Waals surface area contributed by atoms with Crippen molar-refractivity contribution in [2.24, 2.45) is 0 Å². The molecule has 1 unspecified atom stereocenters. The van der Waals surface area contributed by atoms with Crippen molar-refractivity contribution in [3.05, 3.63) is 29.6 Å². The zero-order chi connectivity index (χ0) is 13.1. The summed E-state index contributed by atoms with van der Waals surface area (Å²) in [7, 11) is 1.70. The average Bonchev–Trinajstić information content (AvgIpc) is 2.19. The number of halogens is 4. The van der Waals surface area contributed by atoms with Crippen LogP contribution in [0.4, 0.5) is 17.6 Å². The van der Waals surface area contributed by atoms with E-state index in [-0.39, 0.29) is 11.9 Å². The molecule has 0 saturated carbocycles. The Morgan fingerprint density at radius 3 is 2.53 bits per heavy atom. The van der Waals surface area contributed by atoms with Crippen molar-refractivity contribution in [3.8, 4) is 5.75 Å². The summed E-state index contributed by atoms with van der Waals surface area (Å²) in [5.41, 5.74) is -1.31. The fourth-order valence-corrected chi connectivity index (χ4v) is 1.36. The highest BCUT2D eigenvalue weighted by Crippen LogP contribution is 2.33. The summed E-state index contributed by atoms with van der Waals surface area (Å²) in [6.45, 7) is 2.19. The van der Waals surface area contributed by atoms with Gasteiger partial charge in [-0.15, -0.1) is 0 Å². The first kappa shape index (κ1) is 13.8. The zero-order valence-electron chi connectivity index (χ0n) is 9.44. The van der Waals surface area contributed by atoms with E-state index >= 15 is 0 Å². The summed E-state index contributed by atoms with van der Waals surface area (Å²) in [5, 5.41) is 2.82. The summed E-state index contributed by atoms with van der Waals surface area (Å²) in [6.07, 6.45) is -5.01. The molecule has 0 aromatic heterocycles. The van der Waals surface area contributed by atoms with Gasteiger partial charge >= 0.3 is 6.18 Å². The van der Waals surface area contributed by atoms with Crippen LogP contribution in [0.3, 0.4) is 0 Å². The predicted molar refractivity (Wildman–Crippen MR) is 55.4 cm³/mol. The van der Waals surface area contributed by atoms with Gasteiger partial charge in [-0.05, 0) is 32.2 Å². The highest BCUT2D eigenvalue weighted by atomic mass is 19.4. The molecule has 1 aromatic carbocycles. The number of alkyl halides is 3. The largest absolute Gasteiger partial charge is 0.489 e. The maximum Gasteiger partial charge on any atom is 0.419 e. The predicted octanol–water partition coefficient (Wildman–Crippen LogP) is 2.83. The summed E-state index contributed by atoms with van der Waals surface area (Å²) >= 11 is 0. The number of benzene rings is 1. The minimum absolute atomic E-state index is 0.00137. The lowest BCUT2D eigenvalue weighted by Crippen LogP contribution is -2.26. The third kappa shape index (κ3) is 3.89. The second kappa shape index (κ2) is 5.35. The lowest BCUT2D eigenvalue weighted by Gasteiger charge is -2.16. The standard InChI is InChI=1S/C11H13F4NO/c1-7(6-16-2)17-8-3-4-10(12)9(5-8)11(13,14)15/h3-5,7,16H,6H2,1-2H3. The maximum atomic E-state index is 13.0. The molecule has 0 amide bonds. The second-order valence-corrected chi connectivity index (χ2v) is 3.63. The molecule has 0 radical (unpaired) electrons. The van der Waals surface area contributed by atoms with Gasteiger partial charge in [0.25, 0.3) is 0 Å². The summed E-state index contributed by atoms with van der Waals surface area (Å²) in [6, 6.07) is 2.60. The minimum atomic E-state index is -4.71. The molecule has 17 heavy (non-hydrogen) atoms. The Morgan fingerprint density at radius 1 is 1.35 bits per heavy atom. The van der Waals surface area contributed by atoms with Crippen LogP contribution in [0.15, 0.2) is 18.2 Å². The fraction of sp³-hybridized carbons (Fsp3) is 0.455. The van der Waals surface area contributed by atoms with Crippen LogP contribution in [0, 0.1) is 5.82 Å². The molecule has 0 fully saturated rings. The summed E-state index contributed by atoms with van der Waals surface area (Å²) in [5.74, 6) is -1.30. The van der Waals surface area contributed by atoms with E-state index in [0.717, 1.165) is 6.07 Å². The molecule has 6 heteroatoms. The molecular formula is C11H13F4NO. The smallest absolute Gasteiger partial charge is 0.419 e. The molecule has 0 spiro atoms. The molecule has 0 bridgehead atoms. The number of hydrogen-bond acceptors (Lipinski definition) is 2. The van der Waals surface area contributed by atoms with E-state index in [0.29, 0.717) is 12.6 Å². The molecule has 1 atom stereocenters. The van der Waals surface area contributed by atoms with Gasteiger partial charge in [-0.25, -0.2) is 4.39 Å². The van der Waals surface area contributed by atoms with Gasteiger partial charge in [0.15, 0.2) is 0 Å². The van der Waals surface area contributed by atoms with Gasteiger partial charge in [-0.2, -0.15) is 13.2 Å². The van der Waals surface area contributed by atoms with Crippen molar-refractivity contribution < 1.29 is 22.3 Å². The van der Waals surface area contributed by atoms with Crippen molar-refractivity contribution in [2.75, 3.05) is 13.6 Å². The SMILES string of the molecule is CNCC(C)Oc1ccc(F)c(C(F)(F)F)c1. The van der Waals surface area contributed by atoms with Crippen LogP contribution < -0.4 is 10.1 Å². The Balaban J connectivity index is 2.89. The highest BCUT2D eigenvalue weighted by molar-refractivity contribution is 5.31. The Labute approximate surface area is 96.6 Å². The molecular weight excluding hydrogens is 238 g/mol. The number of ether oxygens (including phenoxy) is 1. The van der Waals surface area contributed by atoms with Gasteiger partial charge in [0.05, 0.1) is 5.56 Å². The molecule has 0 heterocycles. The van der Waals surface area contributed by atoms with Crippen molar-refractivity contribution in [3.63, 3.8) is 0 Å². The summed E-state index contributed by atoms with van der Waals surface area (Å²) < 4.78 is 55.4. The highest BCUT2D eigenvalue weighted by Gasteiger charge is 2.34. The first-order valence-electron chi connectivity index (χ1n) is 5.02. The maximum absolute atomic E-state index is 13.0. The molecule has 1 aromatic rings. The normalized spacial score (nSPS) is 13.5. The fourth-order valence-electron chi connectivity index (χ4n) is 1.36. The van der Waals surface area contributed by atoms with Gasteiger partial charge in [0, 0.05) is 6.54 Å². The van der Waals surface area contributed by atoms with E-state index in [4.69, 9.17) is 4.74 Å². The first-order valence-corrected chi connectivity index (χ1v) is 5.02. The van der Waals surface area contributed by atoms with E-state index in [1.165, 1.54) is 6.07 Å². The Hall–Kier alpha value is -1.30. The van der Waals surface area contributed by atoms with Crippen LogP contribution in [0.25, 0.3) is 0 Å². The monoisotopic (exact) mass is 251 g/mol. The van der Waals surface area contributed by atoms with Gasteiger partial charge in [-0.3, -0.25) is 0 Å². The third-order valence-corrected chi connectivity index (χ3v) is 2.07. The van der Waals surface area contributed by atoms with Crippen LogP contribution in [-0.4, -0.2) is 19.7 Å². The molecule has 1 N–H and O–H groups in total. The van der Waals surface area contributed by atoms with Crippen molar-refractivity contribution in [1.29, 1.82) is 0 Å². The molecule has 96 valence electrons. The minimum Gasteiger partial charge on any atom is -0.489 e. The van der Waals surface area contributed by atoms with Crippen LogP contribution in [-0.2, 0) is 6.18 Å². The molecule has 1 rings (SSSR count). The number of hydrogen-bond donors (Lipinski definition) is 1. The van der Waals surface area contributed by atoms with Crippen LogP contribution in [0.5, 0.6) is 5.75 Å². The quantitative estimate of drug-likeness (QED) is 0.831. The number of rotatable bonds is 4. The Bertz CT molecular complexity index is 378. The van der Waals surface area contributed by atoms with Crippen LogP contribution >= 0.6 is 0 Å². The van der Waals surface area contributed by atoms with Crippen molar-refractivity contribution in [1.82, 2.24) is 5.32 Å². The van der Waals surface area contributed by atoms with Gasteiger partial charge in [-0.1, -0.05) is 0 Å².